The minimum Gasteiger partial charge on any atom is -0.489 e. The van der Waals surface area contributed by atoms with E-state index in [4.69, 9.17) is 21.4 Å². The van der Waals surface area contributed by atoms with Crippen LogP contribution in [0.25, 0.3) is 0 Å². The highest BCUT2D eigenvalue weighted by atomic mass is 35.5. The summed E-state index contributed by atoms with van der Waals surface area (Å²) in [6.07, 6.45) is 1.11. The van der Waals surface area contributed by atoms with Gasteiger partial charge in [-0.3, -0.25) is 0 Å². The zero-order valence-electron chi connectivity index (χ0n) is 8.96. The molecular weight excluding hydrogens is 212 g/mol. The fraction of sp³-hybridized carbons (Fsp3) is 0.500. The van der Waals surface area contributed by atoms with Crippen LogP contribution in [0.4, 0.5) is 0 Å². The van der Waals surface area contributed by atoms with Gasteiger partial charge in [-0.05, 0) is 24.1 Å². The maximum absolute atomic E-state index is 9.11. The molecule has 1 aromatic rings. The molecule has 1 aromatic carbocycles. The predicted octanol–water partition coefficient (Wildman–Crippen LogP) is 2.76. The molecule has 15 heavy (non-hydrogen) atoms. The number of hydrogen-bond donors (Lipinski definition) is 1. The van der Waals surface area contributed by atoms with Crippen molar-refractivity contribution in [2.45, 2.75) is 32.3 Å². The van der Waals surface area contributed by atoms with Crippen molar-refractivity contribution in [2.24, 2.45) is 0 Å². The first-order chi connectivity index (χ1) is 7.11. The van der Waals surface area contributed by atoms with Gasteiger partial charge in [-0.2, -0.15) is 0 Å². The average molecular weight is 227 g/mol. The quantitative estimate of drug-likeness (QED) is 0.841. The molecule has 3 heteroatoms. The van der Waals surface area contributed by atoms with Crippen LogP contribution in [0, 0.1) is 0 Å². The van der Waals surface area contributed by atoms with E-state index in [1.807, 2.05) is 19.9 Å². The van der Waals surface area contributed by atoms with Crippen molar-refractivity contribution in [1.82, 2.24) is 0 Å². The van der Waals surface area contributed by atoms with E-state index in [1.165, 1.54) is 0 Å². The molecular formula is C12H15ClO2. The van der Waals surface area contributed by atoms with Crippen molar-refractivity contribution in [3.63, 3.8) is 0 Å². The number of rotatable bonds is 2. The Balaban J connectivity index is 2.40. The second-order valence-corrected chi connectivity index (χ2v) is 4.61. The third-order valence-electron chi connectivity index (χ3n) is 2.81. The predicted molar refractivity (Wildman–Crippen MR) is 60.7 cm³/mol. The Kier molecular flexibility index (Phi) is 2.89. The Hall–Kier alpha value is -0.730. The first-order valence-electron chi connectivity index (χ1n) is 5.21. The first-order valence-corrected chi connectivity index (χ1v) is 5.59. The monoisotopic (exact) mass is 226 g/mol. The van der Waals surface area contributed by atoms with Gasteiger partial charge in [0.25, 0.3) is 0 Å². The number of fused-ring (bicyclic) bond motifs is 1. The zero-order valence-corrected chi connectivity index (χ0v) is 9.71. The van der Waals surface area contributed by atoms with Crippen LogP contribution in [-0.2, 0) is 6.42 Å². The minimum absolute atomic E-state index is 0.128. The van der Waals surface area contributed by atoms with E-state index in [0.29, 0.717) is 5.02 Å². The van der Waals surface area contributed by atoms with Crippen molar-refractivity contribution < 1.29 is 9.84 Å². The van der Waals surface area contributed by atoms with Crippen molar-refractivity contribution in [2.75, 3.05) is 6.61 Å². The molecule has 0 fully saturated rings. The molecule has 82 valence electrons. The molecule has 0 saturated carbocycles. The summed E-state index contributed by atoms with van der Waals surface area (Å²) in [7, 11) is 0. The van der Waals surface area contributed by atoms with Crippen LogP contribution in [0.2, 0.25) is 5.02 Å². The standard InChI is InChI=1S/C12H15ClO2/c1-7(6-14)9-4-10-3-8(2)15-12(10)11(13)5-9/h4-5,7-8,14H,3,6H2,1-2H3. The lowest BCUT2D eigenvalue weighted by Crippen LogP contribution is -2.05. The third kappa shape index (κ3) is 1.97. The van der Waals surface area contributed by atoms with Gasteiger partial charge in [-0.1, -0.05) is 24.6 Å². The summed E-state index contributed by atoms with van der Waals surface area (Å²) in [5.41, 5.74) is 2.24. The molecule has 0 radical (unpaired) electrons. The van der Waals surface area contributed by atoms with Gasteiger partial charge in [0, 0.05) is 18.9 Å². The van der Waals surface area contributed by atoms with E-state index in [9.17, 15) is 0 Å². The summed E-state index contributed by atoms with van der Waals surface area (Å²) >= 11 is 6.13. The number of halogens is 1. The smallest absolute Gasteiger partial charge is 0.141 e. The molecule has 2 nitrogen and oxygen atoms in total. The molecule has 1 heterocycles. The molecule has 0 spiro atoms. The Labute approximate surface area is 94.8 Å². The van der Waals surface area contributed by atoms with Crippen LogP contribution in [0.15, 0.2) is 12.1 Å². The lowest BCUT2D eigenvalue weighted by Gasteiger charge is -2.11. The van der Waals surface area contributed by atoms with E-state index < -0.39 is 0 Å². The Morgan fingerprint density at radius 2 is 2.33 bits per heavy atom. The lowest BCUT2D eigenvalue weighted by atomic mass is 9.98. The van der Waals surface area contributed by atoms with Gasteiger partial charge in [0.1, 0.15) is 11.9 Å². The number of ether oxygens (including phenoxy) is 1. The fourth-order valence-electron chi connectivity index (χ4n) is 1.90. The van der Waals surface area contributed by atoms with Crippen LogP contribution in [0.3, 0.4) is 0 Å². The topological polar surface area (TPSA) is 29.5 Å². The summed E-state index contributed by atoms with van der Waals surface area (Å²) in [6.45, 7) is 4.16. The Morgan fingerprint density at radius 1 is 1.60 bits per heavy atom. The van der Waals surface area contributed by atoms with E-state index >= 15 is 0 Å². The van der Waals surface area contributed by atoms with Gasteiger partial charge >= 0.3 is 0 Å². The number of aliphatic hydroxyl groups excluding tert-OH is 1. The van der Waals surface area contributed by atoms with Crippen molar-refractivity contribution in [3.05, 3.63) is 28.3 Å². The van der Waals surface area contributed by atoms with Crippen molar-refractivity contribution in [3.8, 4) is 5.75 Å². The second kappa shape index (κ2) is 4.03. The van der Waals surface area contributed by atoms with E-state index in [-0.39, 0.29) is 18.6 Å². The molecule has 1 aliphatic rings. The van der Waals surface area contributed by atoms with Gasteiger partial charge in [0.15, 0.2) is 0 Å². The molecule has 2 atom stereocenters. The highest BCUT2D eigenvalue weighted by molar-refractivity contribution is 6.32. The average Bonchev–Trinajstić information content (AvgIpc) is 2.58. The summed E-state index contributed by atoms with van der Waals surface area (Å²) in [6, 6.07) is 3.98. The molecule has 0 saturated heterocycles. The van der Waals surface area contributed by atoms with E-state index in [0.717, 1.165) is 23.3 Å². The molecule has 2 unspecified atom stereocenters. The molecule has 2 rings (SSSR count). The SMILES string of the molecule is CC1Cc2cc(C(C)CO)cc(Cl)c2O1. The van der Waals surface area contributed by atoms with Crippen LogP contribution < -0.4 is 4.74 Å². The largest absolute Gasteiger partial charge is 0.489 e. The first kappa shape index (κ1) is 10.8. The maximum atomic E-state index is 9.11. The molecule has 0 aliphatic carbocycles. The molecule has 0 aromatic heterocycles. The Bertz CT molecular complexity index is 376. The number of benzene rings is 1. The summed E-state index contributed by atoms with van der Waals surface area (Å²) < 4.78 is 5.61. The minimum atomic E-state index is 0.128. The molecule has 1 N–H and O–H groups in total. The van der Waals surface area contributed by atoms with Crippen molar-refractivity contribution in [1.29, 1.82) is 0 Å². The Morgan fingerprint density at radius 3 is 3.00 bits per heavy atom. The molecule has 0 amide bonds. The van der Waals surface area contributed by atoms with Crippen LogP contribution in [0.1, 0.15) is 30.9 Å². The highest BCUT2D eigenvalue weighted by Crippen LogP contribution is 2.38. The van der Waals surface area contributed by atoms with Crippen LogP contribution in [-0.4, -0.2) is 17.8 Å². The normalized spacial score (nSPS) is 20.9. The summed E-state index contributed by atoms with van der Waals surface area (Å²) in [4.78, 5) is 0. The molecule has 1 aliphatic heterocycles. The molecule has 0 bridgehead atoms. The highest BCUT2D eigenvalue weighted by Gasteiger charge is 2.23. The fourth-order valence-corrected chi connectivity index (χ4v) is 2.19. The van der Waals surface area contributed by atoms with Gasteiger partial charge in [-0.15, -0.1) is 0 Å². The van der Waals surface area contributed by atoms with Gasteiger partial charge in [-0.25, -0.2) is 0 Å². The van der Waals surface area contributed by atoms with Crippen LogP contribution in [0.5, 0.6) is 5.75 Å². The van der Waals surface area contributed by atoms with Gasteiger partial charge in [0.05, 0.1) is 5.02 Å². The number of hydrogen-bond acceptors (Lipinski definition) is 2. The second-order valence-electron chi connectivity index (χ2n) is 4.21. The van der Waals surface area contributed by atoms with E-state index in [2.05, 4.69) is 6.07 Å². The van der Waals surface area contributed by atoms with Gasteiger partial charge in [0.2, 0.25) is 0 Å². The van der Waals surface area contributed by atoms with Gasteiger partial charge < -0.3 is 9.84 Å². The maximum Gasteiger partial charge on any atom is 0.141 e. The van der Waals surface area contributed by atoms with Crippen molar-refractivity contribution >= 4 is 11.6 Å². The summed E-state index contributed by atoms with van der Waals surface area (Å²) in [5, 5.41) is 9.76. The summed E-state index contributed by atoms with van der Waals surface area (Å²) in [5.74, 6) is 0.946. The van der Waals surface area contributed by atoms with E-state index in [1.54, 1.807) is 0 Å². The zero-order chi connectivity index (χ0) is 11.0. The number of aliphatic hydroxyl groups is 1. The third-order valence-corrected chi connectivity index (χ3v) is 3.09. The lowest BCUT2D eigenvalue weighted by molar-refractivity contribution is 0.254. The van der Waals surface area contributed by atoms with Crippen LogP contribution >= 0.6 is 11.6 Å².